The minimum absolute atomic E-state index is 0.495. The number of rotatable bonds is 5. The minimum Gasteiger partial charge on any atom is -0.381 e. The molecule has 2 aromatic rings. The van der Waals surface area contributed by atoms with E-state index < -0.39 is 0 Å². The Labute approximate surface area is 136 Å². The Hall–Kier alpha value is -1.65. The molecular formula is C17H21ClN4. The van der Waals surface area contributed by atoms with Crippen LogP contribution in [0.25, 0.3) is 11.3 Å². The Morgan fingerprint density at radius 1 is 1.18 bits per heavy atom. The topological polar surface area (TPSA) is 63.8 Å². The lowest BCUT2D eigenvalue weighted by Gasteiger charge is -2.14. The van der Waals surface area contributed by atoms with Crippen molar-refractivity contribution in [1.82, 2.24) is 9.97 Å². The molecule has 3 rings (SSSR count). The fourth-order valence-corrected chi connectivity index (χ4v) is 3.07. The summed E-state index contributed by atoms with van der Waals surface area (Å²) in [5.74, 6) is 1.45. The van der Waals surface area contributed by atoms with Crippen molar-refractivity contribution in [3.05, 3.63) is 41.3 Å². The molecular weight excluding hydrogens is 296 g/mol. The lowest BCUT2D eigenvalue weighted by Crippen LogP contribution is -2.15. The van der Waals surface area contributed by atoms with Gasteiger partial charge in [0.2, 0.25) is 0 Å². The van der Waals surface area contributed by atoms with Crippen LogP contribution in [0.1, 0.15) is 37.4 Å². The summed E-state index contributed by atoms with van der Waals surface area (Å²) in [5.41, 5.74) is 8.50. The molecule has 4 nitrogen and oxygen atoms in total. The second kappa shape index (κ2) is 7.07. The Balaban J connectivity index is 1.97. The van der Waals surface area contributed by atoms with Crippen molar-refractivity contribution in [1.29, 1.82) is 0 Å². The van der Waals surface area contributed by atoms with Gasteiger partial charge in [-0.3, -0.25) is 0 Å². The van der Waals surface area contributed by atoms with E-state index in [4.69, 9.17) is 22.3 Å². The average molecular weight is 317 g/mol. The first-order valence-electron chi connectivity index (χ1n) is 7.85. The lowest BCUT2D eigenvalue weighted by atomic mass is 10.1. The number of benzene rings is 1. The lowest BCUT2D eigenvalue weighted by molar-refractivity contribution is 0.669. The van der Waals surface area contributed by atoms with Crippen LogP contribution in [0.5, 0.6) is 0 Å². The standard InChI is InChI=1S/C17H21ClN4/c18-14-7-5-12(6-8-14)16-15(20-10-9-19)11-21-17(22-16)13-3-1-2-4-13/h5-8,11,13,20H,1-4,9-10,19H2. The van der Waals surface area contributed by atoms with E-state index in [-0.39, 0.29) is 0 Å². The summed E-state index contributed by atoms with van der Waals surface area (Å²) in [7, 11) is 0. The molecule has 1 aromatic heterocycles. The third kappa shape index (κ3) is 3.39. The monoisotopic (exact) mass is 316 g/mol. The summed E-state index contributed by atoms with van der Waals surface area (Å²) < 4.78 is 0. The maximum absolute atomic E-state index is 5.99. The minimum atomic E-state index is 0.495. The highest BCUT2D eigenvalue weighted by atomic mass is 35.5. The molecule has 0 bridgehead atoms. The molecule has 0 aliphatic heterocycles. The molecule has 0 radical (unpaired) electrons. The van der Waals surface area contributed by atoms with Gasteiger partial charge >= 0.3 is 0 Å². The molecule has 0 amide bonds. The fourth-order valence-electron chi connectivity index (χ4n) is 2.94. The number of nitrogens with one attached hydrogen (secondary N) is 1. The summed E-state index contributed by atoms with van der Waals surface area (Å²) in [6, 6.07) is 7.77. The van der Waals surface area contributed by atoms with E-state index in [1.807, 2.05) is 30.5 Å². The van der Waals surface area contributed by atoms with Gasteiger partial charge in [0.25, 0.3) is 0 Å². The molecule has 5 heteroatoms. The predicted octanol–water partition coefficient (Wildman–Crippen LogP) is 3.83. The largest absolute Gasteiger partial charge is 0.381 e. The zero-order valence-corrected chi connectivity index (χ0v) is 13.3. The van der Waals surface area contributed by atoms with E-state index in [9.17, 15) is 0 Å². The zero-order chi connectivity index (χ0) is 15.4. The molecule has 1 fully saturated rings. The van der Waals surface area contributed by atoms with Gasteiger partial charge in [0.1, 0.15) is 5.82 Å². The van der Waals surface area contributed by atoms with Crippen LogP contribution in [0, 0.1) is 0 Å². The van der Waals surface area contributed by atoms with E-state index >= 15 is 0 Å². The summed E-state index contributed by atoms with van der Waals surface area (Å²) in [6.45, 7) is 1.27. The molecule has 0 saturated heterocycles. The van der Waals surface area contributed by atoms with Crippen molar-refractivity contribution in [2.75, 3.05) is 18.4 Å². The predicted molar refractivity (Wildman–Crippen MR) is 91.2 cm³/mol. The normalized spacial score (nSPS) is 15.2. The highest BCUT2D eigenvalue weighted by molar-refractivity contribution is 6.30. The second-order valence-corrected chi connectivity index (χ2v) is 6.13. The molecule has 1 aromatic carbocycles. The van der Waals surface area contributed by atoms with Crippen molar-refractivity contribution < 1.29 is 0 Å². The first-order chi connectivity index (χ1) is 10.8. The van der Waals surface area contributed by atoms with E-state index in [0.29, 0.717) is 19.0 Å². The van der Waals surface area contributed by atoms with Crippen molar-refractivity contribution in [2.45, 2.75) is 31.6 Å². The quantitative estimate of drug-likeness (QED) is 0.880. The van der Waals surface area contributed by atoms with Gasteiger partial charge in [-0.25, -0.2) is 9.97 Å². The number of halogens is 1. The number of nitrogens with two attached hydrogens (primary N) is 1. The maximum Gasteiger partial charge on any atom is 0.132 e. The first-order valence-corrected chi connectivity index (χ1v) is 8.22. The second-order valence-electron chi connectivity index (χ2n) is 5.69. The summed E-state index contributed by atoms with van der Waals surface area (Å²) >= 11 is 5.99. The van der Waals surface area contributed by atoms with Crippen molar-refractivity contribution in [3.63, 3.8) is 0 Å². The van der Waals surface area contributed by atoms with Crippen LogP contribution in [0.3, 0.4) is 0 Å². The molecule has 0 spiro atoms. The van der Waals surface area contributed by atoms with Crippen LogP contribution in [-0.4, -0.2) is 23.1 Å². The number of anilines is 1. The van der Waals surface area contributed by atoms with Crippen LogP contribution >= 0.6 is 11.6 Å². The van der Waals surface area contributed by atoms with Crippen LogP contribution in [-0.2, 0) is 0 Å². The van der Waals surface area contributed by atoms with Gasteiger partial charge in [0.05, 0.1) is 17.6 Å². The van der Waals surface area contributed by atoms with Crippen LogP contribution in [0.15, 0.2) is 30.5 Å². The molecule has 22 heavy (non-hydrogen) atoms. The Bertz CT molecular complexity index is 621. The summed E-state index contributed by atoms with van der Waals surface area (Å²) in [4.78, 5) is 9.43. The molecule has 1 heterocycles. The molecule has 0 atom stereocenters. The van der Waals surface area contributed by atoms with E-state index in [1.165, 1.54) is 25.7 Å². The average Bonchev–Trinajstić information content (AvgIpc) is 3.08. The number of nitrogens with zero attached hydrogens (tertiary/aromatic N) is 2. The Kier molecular flexibility index (Phi) is 4.90. The first kappa shape index (κ1) is 15.3. The Morgan fingerprint density at radius 2 is 1.91 bits per heavy atom. The van der Waals surface area contributed by atoms with Gasteiger partial charge in [-0.05, 0) is 25.0 Å². The van der Waals surface area contributed by atoms with Crippen molar-refractivity contribution >= 4 is 17.3 Å². The van der Waals surface area contributed by atoms with Gasteiger partial charge in [-0.2, -0.15) is 0 Å². The third-order valence-corrected chi connectivity index (χ3v) is 4.36. The molecule has 1 saturated carbocycles. The van der Waals surface area contributed by atoms with Crippen LogP contribution < -0.4 is 11.1 Å². The molecule has 1 aliphatic rings. The van der Waals surface area contributed by atoms with Crippen LogP contribution in [0.4, 0.5) is 5.69 Å². The molecule has 116 valence electrons. The summed E-state index contributed by atoms with van der Waals surface area (Å²) in [6.07, 6.45) is 6.82. The molecule has 1 aliphatic carbocycles. The third-order valence-electron chi connectivity index (χ3n) is 4.11. The molecule has 3 N–H and O–H groups in total. The number of aromatic nitrogens is 2. The van der Waals surface area contributed by atoms with Gasteiger partial charge in [-0.15, -0.1) is 0 Å². The Morgan fingerprint density at radius 3 is 2.59 bits per heavy atom. The smallest absolute Gasteiger partial charge is 0.132 e. The fraction of sp³-hybridized carbons (Fsp3) is 0.412. The highest BCUT2D eigenvalue weighted by Crippen LogP contribution is 2.34. The van der Waals surface area contributed by atoms with Crippen LogP contribution in [0.2, 0.25) is 5.02 Å². The maximum atomic E-state index is 5.99. The van der Waals surface area contributed by atoms with Crippen molar-refractivity contribution in [2.24, 2.45) is 5.73 Å². The summed E-state index contributed by atoms with van der Waals surface area (Å²) in [5, 5.41) is 4.04. The molecule has 0 unspecified atom stereocenters. The highest BCUT2D eigenvalue weighted by Gasteiger charge is 2.21. The SMILES string of the molecule is NCCNc1cnc(C2CCCC2)nc1-c1ccc(Cl)cc1. The van der Waals surface area contributed by atoms with E-state index in [1.54, 1.807) is 0 Å². The number of hydrogen-bond donors (Lipinski definition) is 2. The van der Waals surface area contributed by atoms with Gasteiger partial charge in [0.15, 0.2) is 0 Å². The van der Waals surface area contributed by atoms with Gasteiger partial charge < -0.3 is 11.1 Å². The number of hydrogen-bond acceptors (Lipinski definition) is 4. The zero-order valence-electron chi connectivity index (χ0n) is 12.6. The van der Waals surface area contributed by atoms with Gasteiger partial charge in [-0.1, -0.05) is 36.6 Å². The van der Waals surface area contributed by atoms with Gasteiger partial charge in [0, 0.05) is 29.6 Å². The van der Waals surface area contributed by atoms with Crippen molar-refractivity contribution in [3.8, 4) is 11.3 Å². The van der Waals surface area contributed by atoms with E-state index in [2.05, 4.69) is 10.3 Å². The van der Waals surface area contributed by atoms with E-state index in [0.717, 1.165) is 27.8 Å².